The Labute approximate surface area is 340 Å². The summed E-state index contributed by atoms with van der Waals surface area (Å²) in [5.41, 5.74) is 11.3. The van der Waals surface area contributed by atoms with Gasteiger partial charge >= 0.3 is 5.97 Å². The van der Waals surface area contributed by atoms with Gasteiger partial charge in [0.05, 0.1) is 34.8 Å². The number of hydrogen-bond acceptors (Lipinski definition) is 9. The number of fused-ring (bicyclic) bond motifs is 6. The summed E-state index contributed by atoms with van der Waals surface area (Å²) in [5.74, 6) is -0.0471. The molecule has 12 heteroatoms. The molecule has 1 aromatic carbocycles. The second-order valence-corrected chi connectivity index (χ2v) is 18.6. The number of carbonyl (C=O) groups is 3. The van der Waals surface area contributed by atoms with Gasteiger partial charge in [-0.05, 0) is 93.5 Å². The van der Waals surface area contributed by atoms with E-state index in [1.165, 1.54) is 59.6 Å². The van der Waals surface area contributed by atoms with E-state index < -0.39 is 17.5 Å². The summed E-state index contributed by atoms with van der Waals surface area (Å²) in [6, 6.07) is 7.49. The smallest absolute Gasteiger partial charge is 0.324 e. The van der Waals surface area contributed by atoms with E-state index in [1.54, 1.807) is 7.11 Å². The molecule has 2 saturated carbocycles. The maximum absolute atomic E-state index is 14.1. The van der Waals surface area contributed by atoms with Crippen molar-refractivity contribution in [2.24, 2.45) is 17.3 Å². The zero-order valence-corrected chi connectivity index (χ0v) is 35.2. The number of pyridine rings is 1. The molecule has 3 aromatic heterocycles. The third-order valence-corrected chi connectivity index (χ3v) is 13.6. The molecule has 0 spiro atoms. The van der Waals surface area contributed by atoms with Crippen LogP contribution in [0.2, 0.25) is 0 Å². The summed E-state index contributed by atoms with van der Waals surface area (Å²) in [7, 11) is 1.74. The van der Waals surface area contributed by atoms with E-state index in [9.17, 15) is 14.4 Å². The molecule has 6 bridgehead atoms. The van der Waals surface area contributed by atoms with Gasteiger partial charge in [-0.3, -0.25) is 24.4 Å². The second-order valence-electron chi connectivity index (χ2n) is 17.7. The fourth-order valence-electron chi connectivity index (χ4n) is 9.25. The number of esters is 1. The van der Waals surface area contributed by atoms with Crippen molar-refractivity contribution in [3.8, 4) is 22.5 Å². The largest absolute Gasteiger partial charge is 0.464 e. The molecule has 0 radical (unpaired) electrons. The molecule has 3 fully saturated rings. The predicted molar refractivity (Wildman–Crippen MR) is 222 cm³/mol. The molecule has 0 unspecified atom stereocenters. The fraction of sp³-hybridized carbons (Fsp3) is 0.578. The average Bonchev–Trinajstić information content (AvgIpc) is 3.65. The summed E-state index contributed by atoms with van der Waals surface area (Å²) in [4.78, 5) is 51.4. The van der Waals surface area contributed by atoms with Crippen molar-refractivity contribution < 1.29 is 23.9 Å². The minimum absolute atomic E-state index is 0.0846. The molecule has 304 valence electrons. The number of hydrazine groups is 1. The minimum atomic E-state index is -0.818. The van der Waals surface area contributed by atoms with Gasteiger partial charge in [-0.15, -0.1) is 11.3 Å². The first-order chi connectivity index (χ1) is 27.4. The van der Waals surface area contributed by atoms with E-state index in [-0.39, 0.29) is 42.8 Å². The van der Waals surface area contributed by atoms with Crippen LogP contribution in [-0.4, -0.2) is 69.7 Å². The normalized spacial score (nSPS) is 24.8. The van der Waals surface area contributed by atoms with Crippen molar-refractivity contribution in [1.82, 2.24) is 30.3 Å². The van der Waals surface area contributed by atoms with E-state index in [0.29, 0.717) is 37.6 Å². The van der Waals surface area contributed by atoms with Crippen LogP contribution in [0.1, 0.15) is 120 Å². The molecular formula is C45H58N6O5S. The third-order valence-electron chi connectivity index (χ3n) is 12.8. The zero-order chi connectivity index (χ0) is 40.0. The number of ether oxygens (including phenoxy) is 2. The molecule has 2 amide bonds. The maximum Gasteiger partial charge on any atom is 0.324 e. The first kappa shape index (κ1) is 39.7. The van der Waals surface area contributed by atoms with Gasteiger partial charge in [-0.25, -0.2) is 10.4 Å². The van der Waals surface area contributed by atoms with Crippen LogP contribution in [0.3, 0.4) is 0 Å². The van der Waals surface area contributed by atoms with Crippen LogP contribution in [0.25, 0.3) is 33.4 Å². The molecule has 5 heterocycles. The number of hydrogen-bond donors (Lipinski definition) is 2. The molecule has 2 aliphatic carbocycles. The quantitative estimate of drug-likeness (QED) is 0.181. The highest BCUT2D eigenvalue weighted by Gasteiger charge is 2.42. The standard InChI is InChI=1S/C45H58N6O5S/c1-7-50-38-16-15-29-19-32(38)34(41(50)33-20-30(28-12-9-8-10-13-28)23-46-40(33)27(3)55-6)22-45(4,5)25-56-44(54)35-14-11-17-51(49-35)43(53)36(21-39-47-37(29)24-57-39)48-42(52)31-18-26(31)2/h15-16,19-20,23-24,26-28,31,35-36,49H,7-14,17-18,21-22,25H2,1-6H3,(H,48,52)/t26-,27-,31-,35-,36-/m0/s1. The molecule has 2 N–H and O–H groups in total. The summed E-state index contributed by atoms with van der Waals surface area (Å²) in [6.45, 7) is 12.0. The van der Waals surface area contributed by atoms with E-state index in [0.717, 1.165) is 57.1 Å². The van der Waals surface area contributed by atoms with Crippen molar-refractivity contribution in [1.29, 1.82) is 0 Å². The first-order valence-electron chi connectivity index (χ1n) is 21.1. The van der Waals surface area contributed by atoms with Gasteiger partial charge in [-0.2, -0.15) is 0 Å². The molecular weight excluding hydrogens is 737 g/mol. The molecule has 11 nitrogen and oxygen atoms in total. The van der Waals surface area contributed by atoms with Gasteiger partial charge in [0.1, 0.15) is 12.1 Å². The van der Waals surface area contributed by atoms with Crippen LogP contribution in [0.4, 0.5) is 0 Å². The van der Waals surface area contributed by atoms with Crippen molar-refractivity contribution in [2.45, 2.75) is 129 Å². The van der Waals surface area contributed by atoms with Crippen LogP contribution in [-0.2, 0) is 43.2 Å². The van der Waals surface area contributed by atoms with Crippen molar-refractivity contribution >= 4 is 40.0 Å². The number of rotatable bonds is 7. The molecule has 2 aliphatic heterocycles. The van der Waals surface area contributed by atoms with E-state index in [1.807, 2.05) is 0 Å². The predicted octanol–water partition coefficient (Wildman–Crippen LogP) is 7.91. The number of nitrogens with zero attached hydrogens (tertiary/aromatic N) is 4. The summed E-state index contributed by atoms with van der Waals surface area (Å²) in [6.07, 6.45) is 10.9. The Hall–Kier alpha value is -4.13. The van der Waals surface area contributed by atoms with Gasteiger partial charge in [0.25, 0.3) is 5.91 Å². The average molecular weight is 795 g/mol. The van der Waals surface area contributed by atoms with Crippen LogP contribution in [0, 0.1) is 17.3 Å². The number of methoxy groups -OCH3 is 1. The number of nitrogens with one attached hydrogen (secondary N) is 2. The Morgan fingerprint density at radius 1 is 1.14 bits per heavy atom. The molecule has 5 atom stereocenters. The molecule has 1 saturated heterocycles. The van der Waals surface area contributed by atoms with Gasteiger partial charge in [0, 0.05) is 71.6 Å². The number of amides is 2. The highest BCUT2D eigenvalue weighted by molar-refractivity contribution is 7.10. The number of cyclic esters (lactones) is 1. The monoisotopic (exact) mass is 794 g/mol. The Morgan fingerprint density at radius 3 is 2.67 bits per heavy atom. The number of carbonyl (C=O) groups excluding carboxylic acids is 3. The zero-order valence-electron chi connectivity index (χ0n) is 34.4. The second kappa shape index (κ2) is 16.3. The Bertz CT molecular complexity index is 2150. The van der Waals surface area contributed by atoms with E-state index in [4.69, 9.17) is 19.4 Å². The van der Waals surface area contributed by atoms with Crippen LogP contribution in [0.5, 0.6) is 0 Å². The molecule has 4 aromatic rings. The van der Waals surface area contributed by atoms with E-state index >= 15 is 0 Å². The van der Waals surface area contributed by atoms with Gasteiger partial charge in [-0.1, -0.05) is 46.1 Å². The Morgan fingerprint density at radius 2 is 1.93 bits per heavy atom. The van der Waals surface area contributed by atoms with Crippen molar-refractivity contribution in [3.05, 3.63) is 57.7 Å². The molecule has 8 rings (SSSR count). The van der Waals surface area contributed by atoms with Crippen LogP contribution >= 0.6 is 11.3 Å². The lowest BCUT2D eigenvalue weighted by atomic mass is 9.82. The number of thiazole rings is 1. The molecule has 4 aliphatic rings. The number of benzene rings is 1. The van der Waals surface area contributed by atoms with Crippen molar-refractivity contribution in [3.63, 3.8) is 0 Å². The number of aryl methyl sites for hydroxylation is 1. The molecule has 57 heavy (non-hydrogen) atoms. The van der Waals surface area contributed by atoms with E-state index in [2.05, 4.69) is 85.8 Å². The van der Waals surface area contributed by atoms with Gasteiger partial charge < -0.3 is 19.4 Å². The minimum Gasteiger partial charge on any atom is -0.464 e. The maximum atomic E-state index is 14.1. The van der Waals surface area contributed by atoms with Gasteiger partial charge in [0.15, 0.2) is 0 Å². The highest BCUT2D eigenvalue weighted by atomic mass is 32.1. The summed E-state index contributed by atoms with van der Waals surface area (Å²) in [5, 5.41) is 8.51. The Kier molecular flexibility index (Phi) is 11.3. The van der Waals surface area contributed by atoms with Gasteiger partial charge in [0.2, 0.25) is 5.91 Å². The lowest BCUT2D eigenvalue weighted by Crippen LogP contribution is -2.60. The van der Waals surface area contributed by atoms with Crippen molar-refractivity contribution in [2.75, 3.05) is 20.3 Å². The SMILES string of the molecule is CCn1c(-c2cc(C3CCCCC3)cnc2[C@H](C)OC)c2c3cc(ccc31)-c1csc(n1)C[C@H](NC(=O)[C@H]1C[C@@H]1C)C(=O)N1CCC[C@H](N1)C(=O)OCC(C)(C)C2. The first-order valence-corrected chi connectivity index (χ1v) is 22.0. The highest BCUT2D eigenvalue weighted by Crippen LogP contribution is 2.44. The fourth-order valence-corrected chi connectivity index (χ4v) is 10.1. The van der Waals surface area contributed by atoms with Crippen LogP contribution in [0.15, 0.2) is 35.8 Å². The lowest BCUT2D eigenvalue weighted by molar-refractivity contribution is -0.155. The third kappa shape index (κ3) is 8.14. The lowest BCUT2D eigenvalue weighted by Gasteiger charge is -2.35. The summed E-state index contributed by atoms with van der Waals surface area (Å²) >= 11 is 1.50. The Balaban J connectivity index is 1.27. The number of aromatic nitrogens is 3. The topological polar surface area (TPSA) is 128 Å². The summed E-state index contributed by atoms with van der Waals surface area (Å²) < 4.78 is 14.5. The van der Waals surface area contributed by atoms with Crippen LogP contribution < -0.4 is 10.7 Å².